The number of carbonyl (C=O) groups excluding carboxylic acids is 1. The smallest absolute Gasteiger partial charge is 0.270 e. The predicted molar refractivity (Wildman–Crippen MR) is 69.7 cm³/mol. The molecule has 0 N–H and O–H groups in total. The average Bonchev–Trinajstić information content (AvgIpc) is 2.82. The van der Waals surface area contributed by atoms with Crippen molar-refractivity contribution in [1.82, 2.24) is 9.78 Å². The number of ketones is 1. The highest BCUT2D eigenvalue weighted by Crippen LogP contribution is 2.14. The van der Waals surface area contributed by atoms with Crippen LogP contribution in [0.2, 0.25) is 0 Å². The molecule has 19 heavy (non-hydrogen) atoms. The van der Waals surface area contributed by atoms with E-state index in [0.717, 1.165) is 5.56 Å². The molecule has 0 saturated carbocycles. The Kier molecular flexibility index (Phi) is 3.51. The largest absolute Gasteiger partial charge is 0.289 e. The first kappa shape index (κ1) is 12.7. The van der Waals surface area contributed by atoms with Crippen LogP contribution in [0.1, 0.15) is 15.9 Å². The highest BCUT2D eigenvalue weighted by atomic mass is 16.6. The van der Waals surface area contributed by atoms with Crippen LogP contribution < -0.4 is 0 Å². The van der Waals surface area contributed by atoms with Crippen LogP contribution in [-0.4, -0.2) is 20.5 Å². The minimum atomic E-state index is -0.526. The molecular formula is C13H11N3O3. The molecule has 0 atom stereocenters. The van der Waals surface area contributed by atoms with Crippen molar-refractivity contribution in [3.63, 3.8) is 0 Å². The predicted octanol–water partition coefficient (Wildman–Crippen LogP) is 2.22. The number of rotatable bonds is 4. The van der Waals surface area contributed by atoms with Crippen molar-refractivity contribution in [2.75, 3.05) is 0 Å². The van der Waals surface area contributed by atoms with Gasteiger partial charge >= 0.3 is 0 Å². The monoisotopic (exact) mass is 257 g/mol. The summed E-state index contributed by atoms with van der Waals surface area (Å²) >= 11 is 0. The Bertz CT molecular complexity index is 659. The molecule has 6 nitrogen and oxygen atoms in total. The summed E-state index contributed by atoms with van der Waals surface area (Å²) in [6.07, 6.45) is 6.37. The zero-order valence-corrected chi connectivity index (χ0v) is 10.2. The van der Waals surface area contributed by atoms with Crippen LogP contribution >= 0.6 is 0 Å². The summed E-state index contributed by atoms with van der Waals surface area (Å²) in [5.41, 5.74) is 0.983. The number of allylic oxidation sites excluding steroid dienone is 1. The van der Waals surface area contributed by atoms with E-state index in [9.17, 15) is 14.9 Å². The lowest BCUT2D eigenvalue weighted by atomic mass is 10.1. The molecule has 0 fully saturated rings. The Labute approximate surface area is 109 Å². The van der Waals surface area contributed by atoms with Crippen molar-refractivity contribution in [1.29, 1.82) is 0 Å². The number of hydrogen-bond donors (Lipinski definition) is 0. The first-order valence-electron chi connectivity index (χ1n) is 5.52. The van der Waals surface area contributed by atoms with E-state index in [0.29, 0.717) is 0 Å². The van der Waals surface area contributed by atoms with Gasteiger partial charge in [0.15, 0.2) is 5.78 Å². The van der Waals surface area contributed by atoms with Crippen LogP contribution in [0.5, 0.6) is 0 Å². The maximum atomic E-state index is 11.9. The summed E-state index contributed by atoms with van der Waals surface area (Å²) in [7, 11) is 1.78. The number of nitro benzene ring substituents is 1. The number of aryl methyl sites for hydroxylation is 1. The van der Waals surface area contributed by atoms with Crippen LogP contribution in [0.25, 0.3) is 6.08 Å². The molecule has 0 radical (unpaired) electrons. The van der Waals surface area contributed by atoms with Crippen molar-refractivity contribution in [2.45, 2.75) is 0 Å². The molecular weight excluding hydrogens is 246 g/mol. The molecule has 0 unspecified atom stereocenters. The van der Waals surface area contributed by atoms with Crippen LogP contribution in [0.15, 0.2) is 42.7 Å². The molecule has 2 rings (SSSR count). The zero-order valence-electron chi connectivity index (χ0n) is 10.2. The summed E-state index contributed by atoms with van der Waals surface area (Å²) < 4.78 is 1.62. The van der Waals surface area contributed by atoms with Crippen molar-refractivity contribution in [3.8, 4) is 0 Å². The minimum absolute atomic E-state index is 0.0966. The van der Waals surface area contributed by atoms with Crippen molar-refractivity contribution in [2.24, 2.45) is 7.05 Å². The Morgan fingerprint density at radius 2 is 2.26 bits per heavy atom. The first-order chi connectivity index (χ1) is 9.06. The molecule has 0 aliphatic rings. The lowest BCUT2D eigenvalue weighted by molar-refractivity contribution is -0.384. The van der Waals surface area contributed by atoms with Gasteiger partial charge in [-0.05, 0) is 12.2 Å². The van der Waals surface area contributed by atoms with E-state index < -0.39 is 4.92 Å². The third-order valence-corrected chi connectivity index (χ3v) is 2.49. The van der Waals surface area contributed by atoms with E-state index in [4.69, 9.17) is 0 Å². The van der Waals surface area contributed by atoms with Crippen LogP contribution in [0.4, 0.5) is 5.69 Å². The van der Waals surface area contributed by atoms with Gasteiger partial charge in [0, 0.05) is 36.5 Å². The highest BCUT2D eigenvalue weighted by molar-refractivity contribution is 6.07. The standard InChI is InChI=1S/C13H11N3O3/c1-15-9-10(8-14-15)5-6-13(17)11-3-2-4-12(7-11)16(18)19/h2-9H,1H3. The molecule has 0 amide bonds. The van der Waals surface area contributed by atoms with Gasteiger partial charge in [-0.25, -0.2) is 0 Å². The lowest BCUT2D eigenvalue weighted by Crippen LogP contribution is -1.96. The van der Waals surface area contributed by atoms with E-state index in [2.05, 4.69) is 5.10 Å². The number of carbonyl (C=O) groups is 1. The molecule has 2 aromatic rings. The highest BCUT2D eigenvalue weighted by Gasteiger charge is 2.09. The third kappa shape index (κ3) is 3.12. The molecule has 0 spiro atoms. The second kappa shape index (κ2) is 5.26. The fraction of sp³-hybridized carbons (Fsp3) is 0.0769. The Morgan fingerprint density at radius 3 is 2.89 bits per heavy atom. The summed E-state index contributed by atoms with van der Waals surface area (Å²) in [5.74, 6) is -0.285. The SMILES string of the molecule is Cn1cc(C=CC(=O)c2cccc([N+](=O)[O-])c2)cn1. The maximum Gasteiger partial charge on any atom is 0.270 e. The topological polar surface area (TPSA) is 78.0 Å². The molecule has 0 saturated heterocycles. The van der Waals surface area contributed by atoms with E-state index >= 15 is 0 Å². The van der Waals surface area contributed by atoms with E-state index in [1.807, 2.05) is 0 Å². The van der Waals surface area contributed by atoms with Gasteiger partial charge < -0.3 is 0 Å². The number of hydrogen-bond acceptors (Lipinski definition) is 4. The molecule has 1 heterocycles. The Hall–Kier alpha value is -2.76. The quantitative estimate of drug-likeness (QED) is 0.364. The van der Waals surface area contributed by atoms with Gasteiger partial charge in [-0.15, -0.1) is 0 Å². The van der Waals surface area contributed by atoms with Crippen LogP contribution in [0, 0.1) is 10.1 Å². The van der Waals surface area contributed by atoms with Crippen LogP contribution in [0.3, 0.4) is 0 Å². The van der Waals surface area contributed by atoms with Crippen molar-refractivity contribution < 1.29 is 9.72 Å². The van der Waals surface area contributed by atoms with Crippen molar-refractivity contribution >= 4 is 17.5 Å². The fourth-order valence-corrected chi connectivity index (χ4v) is 1.57. The van der Waals surface area contributed by atoms with Crippen LogP contribution in [-0.2, 0) is 7.05 Å². The molecule has 1 aromatic carbocycles. The summed E-state index contributed by atoms with van der Waals surface area (Å²) in [4.78, 5) is 22.0. The maximum absolute atomic E-state index is 11.9. The Balaban J connectivity index is 2.18. The second-order valence-electron chi connectivity index (χ2n) is 3.95. The second-order valence-corrected chi connectivity index (χ2v) is 3.95. The van der Waals surface area contributed by atoms with E-state index in [1.54, 1.807) is 36.3 Å². The molecule has 0 aliphatic carbocycles. The molecule has 6 heteroatoms. The van der Waals surface area contributed by atoms with E-state index in [1.165, 1.54) is 24.3 Å². The number of nitro groups is 1. The van der Waals surface area contributed by atoms with Gasteiger partial charge in [0.05, 0.1) is 11.1 Å². The normalized spacial score (nSPS) is 10.8. The molecule has 96 valence electrons. The summed E-state index contributed by atoms with van der Waals surface area (Å²) in [6.45, 7) is 0. The van der Waals surface area contributed by atoms with Gasteiger partial charge in [0.1, 0.15) is 0 Å². The van der Waals surface area contributed by atoms with Gasteiger partial charge in [-0.3, -0.25) is 19.6 Å². The molecule has 0 aliphatic heterocycles. The lowest BCUT2D eigenvalue weighted by Gasteiger charge is -1.95. The average molecular weight is 257 g/mol. The van der Waals surface area contributed by atoms with Gasteiger partial charge in [0.25, 0.3) is 5.69 Å². The molecule has 0 bridgehead atoms. The molecule has 1 aromatic heterocycles. The van der Waals surface area contributed by atoms with E-state index in [-0.39, 0.29) is 17.0 Å². The summed E-state index contributed by atoms with van der Waals surface area (Å²) in [5, 5.41) is 14.6. The third-order valence-electron chi connectivity index (χ3n) is 2.49. The van der Waals surface area contributed by atoms with Gasteiger partial charge in [0.2, 0.25) is 0 Å². The van der Waals surface area contributed by atoms with Crippen molar-refractivity contribution in [3.05, 3.63) is 64.0 Å². The zero-order chi connectivity index (χ0) is 13.8. The first-order valence-corrected chi connectivity index (χ1v) is 5.52. The number of aromatic nitrogens is 2. The number of nitrogens with zero attached hydrogens (tertiary/aromatic N) is 3. The van der Waals surface area contributed by atoms with Gasteiger partial charge in [-0.2, -0.15) is 5.10 Å². The fourth-order valence-electron chi connectivity index (χ4n) is 1.57. The Morgan fingerprint density at radius 1 is 1.47 bits per heavy atom. The number of benzene rings is 1. The summed E-state index contributed by atoms with van der Waals surface area (Å²) in [6, 6.07) is 5.64. The minimum Gasteiger partial charge on any atom is -0.289 e. The van der Waals surface area contributed by atoms with Gasteiger partial charge in [-0.1, -0.05) is 12.1 Å². The number of non-ortho nitro benzene ring substituents is 1.